The van der Waals surface area contributed by atoms with Gasteiger partial charge in [-0.15, -0.1) is 0 Å². The first-order chi connectivity index (χ1) is 15.7. The molecule has 3 rings (SSSR count). The Hall–Kier alpha value is -2.34. The molecule has 1 aromatic heterocycles. The molecule has 9 nitrogen and oxygen atoms in total. The van der Waals surface area contributed by atoms with Gasteiger partial charge in [0.15, 0.2) is 0 Å². The molecule has 33 heavy (non-hydrogen) atoms. The van der Waals surface area contributed by atoms with E-state index in [1.54, 1.807) is 12.3 Å². The molecule has 2 N–H and O–H groups in total. The Morgan fingerprint density at radius 2 is 1.64 bits per heavy atom. The Kier molecular flexibility index (Phi) is 8.57. The number of pyridine rings is 1. The minimum absolute atomic E-state index is 0.0212. The molecule has 0 saturated carbocycles. The Morgan fingerprint density at radius 3 is 2.30 bits per heavy atom. The summed E-state index contributed by atoms with van der Waals surface area (Å²) >= 11 is 0. The number of unbranched alkanes of at least 4 members (excludes halogenated alkanes) is 2. The second kappa shape index (κ2) is 11.2. The highest BCUT2D eigenvalue weighted by Crippen LogP contribution is 2.22. The van der Waals surface area contributed by atoms with Gasteiger partial charge in [-0.3, -0.25) is 4.79 Å². The summed E-state index contributed by atoms with van der Waals surface area (Å²) in [5.41, 5.74) is 1.01. The van der Waals surface area contributed by atoms with E-state index in [-0.39, 0.29) is 22.2 Å². The number of hydrogen-bond donors (Lipinski definition) is 2. The number of aromatic nitrogens is 1. The lowest BCUT2D eigenvalue weighted by atomic mass is 10.2. The molecule has 2 heterocycles. The molecule has 1 aromatic carbocycles. The lowest BCUT2D eigenvalue weighted by molar-refractivity contribution is -0.116. The lowest BCUT2D eigenvalue weighted by Crippen LogP contribution is -2.28. The normalized spacial score (nSPS) is 14.9. The fraction of sp³-hybridized carbons (Fsp3) is 0.455. The zero-order valence-electron chi connectivity index (χ0n) is 18.7. The molecule has 0 unspecified atom stereocenters. The van der Waals surface area contributed by atoms with E-state index < -0.39 is 20.0 Å². The molecule has 0 bridgehead atoms. The Morgan fingerprint density at radius 1 is 0.970 bits per heavy atom. The van der Waals surface area contributed by atoms with E-state index in [0.29, 0.717) is 44.6 Å². The van der Waals surface area contributed by atoms with Crippen LogP contribution in [-0.2, 0) is 24.8 Å². The molecule has 0 radical (unpaired) electrons. The first-order valence-corrected chi connectivity index (χ1v) is 13.9. The summed E-state index contributed by atoms with van der Waals surface area (Å²) in [5.74, 6) is 0.393. The number of amides is 1. The molecule has 1 saturated heterocycles. The van der Waals surface area contributed by atoms with Crippen LogP contribution in [-0.4, -0.2) is 51.7 Å². The Labute approximate surface area is 195 Å². The number of carbonyl (C=O) groups excluding carboxylic acids is 1. The third kappa shape index (κ3) is 7.07. The fourth-order valence-corrected chi connectivity index (χ4v) is 6.15. The zero-order chi connectivity index (χ0) is 23.9. The van der Waals surface area contributed by atoms with Gasteiger partial charge in [0, 0.05) is 32.3 Å². The largest absolute Gasteiger partial charge is 0.311 e. The molecule has 180 valence electrons. The second-order valence-corrected chi connectivity index (χ2v) is 11.8. The summed E-state index contributed by atoms with van der Waals surface area (Å²) in [7, 11) is -7.31. The standard InChI is InChI=1S/C22H30N4O5S2/c1-18-12-14-23-21(17-18)25-22(27)7-3-2-4-13-24-32(28,29)19-8-10-20(11-9-19)33(30,31)26-15-5-6-16-26/h8-12,14,17,24H,2-7,13,15-16H2,1H3,(H,23,25,27). The van der Waals surface area contributed by atoms with E-state index in [0.717, 1.165) is 18.4 Å². The van der Waals surface area contributed by atoms with Crippen LogP contribution >= 0.6 is 0 Å². The first-order valence-electron chi connectivity index (χ1n) is 11.0. The summed E-state index contributed by atoms with van der Waals surface area (Å²) in [4.78, 5) is 16.2. The van der Waals surface area contributed by atoms with E-state index >= 15 is 0 Å². The van der Waals surface area contributed by atoms with Crippen LogP contribution in [0.1, 0.15) is 44.1 Å². The highest BCUT2D eigenvalue weighted by molar-refractivity contribution is 7.89. The van der Waals surface area contributed by atoms with Crippen LogP contribution in [0.2, 0.25) is 0 Å². The third-order valence-corrected chi connectivity index (χ3v) is 8.78. The van der Waals surface area contributed by atoms with Gasteiger partial charge < -0.3 is 5.32 Å². The van der Waals surface area contributed by atoms with Crippen LogP contribution in [0, 0.1) is 6.92 Å². The molecular weight excluding hydrogens is 464 g/mol. The van der Waals surface area contributed by atoms with Crippen molar-refractivity contribution in [3.05, 3.63) is 48.2 Å². The molecule has 1 aliphatic rings. The number of aryl methyl sites for hydroxylation is 1. The van der Waals surface area contributed by atoms with Gasteiger partial charge in [0.2, 0.25) is 26.0 Å². The van der Waals surface area contributed by atoms with E-state index in [9.17, 15) is 21.6 Å². The smallest absolute Gasteiger partial charge is 0.243 e. The number of nitrogens with zero attached hydrogens (tertiary/aromatic N) is 2. The summed E-state index contributed by atoms with van der Waals surface area (Å²) in [6.07, 6.45) is 5.53. The van der Waals surface area contributed by atoms with Crippen molar-refractivity contribution in [2.75, 3.05) is 25.0 Å². The first kappa shape index (κ1) is 25.3. The number of anilines is 1. The number of hydrogen-bond acceptors (Lipinski definition) is 6. The van der Waals surface area contributed by atoms with Crippen molar-refractivity contribution >= 4 is 31.8 Å². The van der Waals surface area contributed by atoms with Crippen molar-refractivity contribution in [3.8, 4) is 0 Å². The van der Waals surface area contributed by atoms with Crippen LogP contribution in [0.15, 0.2) is 52.4 Å². The molecule has 1 amide bonds. The van der Waals surface area contributed by atoms with Gasteiger partial charge in [0.1, 0.15) is 5.82 Å². The van der Waals surface area contributed by atoms with Crippen LogP contribution < -0.4 is 10.0 Å². The number of carbonyl (C=O) groups is 1. The maximum atomic E-state index is 12.6. The minimum atomic E-state index is -3.74. The predicted octanol–water partition coefficient (Wildman–Crippen LogP) is 2.65. The number of rotatable bonds is 11. The van der Waals surface area contributed by atoms with Crippen molar-refractivity contribution in [3.63, 3.8) is 0 Å². The minimum Gasteiger partial charge on any atom is -0.311 e. The van der Waals surface area contributed by atoms with E-state index in [1.165, 1.54) is 28.6 Å². The summed E-state index contributed by atoms with van der Waals surface area (Å²) in [5, 5.41) is 2.74. The molecule has 1 fully saturated rings. The van der Waals surface area contributed by atoms with Crippen molar-refractivity contribution < 1.29 is 21.6 Å². The van der Waals surface area contributed by atoms with Gasteiger partial charge in [-0.05, 0) is 74.6 Å². The van der Waals surface area contributed by atoms with E-state index in [4.69, 9.17) is 0 Å². The lowest BCUT2D eigenvalue weighted by Gasteiger charge is -2.15. The maximum absolute atomic E-state index is 12.6. The highest BCUT2D eigenvalue weighted by atomic mass is 32.2. The molecule has 1 aliphatic heterocycles. The van der Waals surface area contributed by atoms with E-state index in [1.807, 2.05) is 13.0 Å². The maximum Gasteiger partial charge on any atom is 0.243 e. The van der Waals surface area contributed by atoms with Crippen LogP contribution in [0.25, 0.3) is 0 Å². The summed E-state index contributed by atoms with van der Waals surface area (Å²) in [6.45, 7) is 3.14. The highest BCUT2D eigenvalue weighted by Gasteiger charge is 2.27. The van der Waals surface area contributed by atoms with Gasteiger partial charge in [0.05, 0.1) is 9.79 Å². The molecule has 2 aromatic rings. The molecular formula is C22H30N4O5S2. The molecule has 0 spiro atoms. The average molecular weight is 495 g/mol. The van der Waals surface area contributed by atoms with Crippen LogP contribution in [0.3, 0.4) is 0 Å². The van der Waals surface area contributed by atoms with Crippen molar-refractivity contribution in [2.45, 2.75) is 55.2 Å². The number of benzene rings is 1. The van der Waals surface area contributed by atoms with E-state index in [2.05, 4.69) is 15.0 Å². The molecule has 0 atom stereocenters. The summed E-state index contributed by atoms with van der Waals surface area (Å²) < 4.78 is 54.0. The SMILES string of the molecule is Cc1ccnc(NC(=O)CCCCCNS(=O)(=O)c2ccc(S(=O)(=O)N3CCCC3)cc2)c1. The van der Waals surface area contributed by atoms with Crippen molar-refractivity contribution in [1.29, 1.82) is 0 Å². The Balaban J connectivity index is 1.40. The van der Waals surface area contributed by atoms with Gasteiger partial charge in [0.25, 0.3) is 0 Å². The van der Waals surface area contributed by atoms with Crippen LogP contribution in [0.4, 0.5) is 5.82 Å². The fourth-order valence-electron chi connectivity index (χ4n) is 3.56. The molecule has 0 aliphatic carbocycles. The third-order valence-electron chi connectivity index (χ3n) is 5.39. The second-order valence-electron chi connectivity index (χ2n) is 8.06. The summed E-state index contributed by atoms with van der Waals surface area (Å²) in [6, 6.07) is 8.94. The van der Waals surface area contributed by atoms with Gasteiger partial charge >= 0.3 is 0 Å². The van der Waals surface area contributed by atoms with Gasteiger partial charge in [-0.2, -0.15) is 4.31 Å². The van der Waals surface area contributed by atoms with Crippen LogP contribution in [0.5, 0.6) is 0 Å². The average Bonchev–Trinajstić information content (AvgIpc) is 3.32. The molecule has 11 heteroatoms. The van der Waals surface area contributed by atoms with Gasteiger partial charge in [-0.25, -0.2) is 26.5 Å². The monoisotopic (exact) mass is 494 g/mol. The van der Waals surface area contributed by atoms with Crippen molar-refractivity contribution in [2.24, 2.45) is 0 Å². The van der Waals surface area contributed by atoms with Crippen molar-refractivity contribution in [1.82, 2.24) is 14.0 Å². The van der Waals surface area contributed by atoms with Gasteiger partial charge in [-0.1, -0.05) is 6.42 Å². The zero-order valence-corrected chi connectivity index (χ0v) is 20.3. The topological polar surface area (TPSA) is 126 Å². The number of nitrogens with one attached hydrogen (secondary N) is 2. The Bertz CT molecular complexity index is 1160. The predicted molar refractivity (Wildman–Crippen MR) is 126 cm³/mol. The number of sulfonamides is 2. The quantitative estimate of drug-likeness (QED) is 0.463.